The van der Waals surface area contributed by atoms with Crippen LogP contribution in [-0.2, 0) is 15.8 Å². The summed E-state index contributed by atoms with van der Waals surface area (Å²) in [5, 5.41) is 0. The number of carbonyl (C=O) groups is 2. The molecule has 0 aliphatic carbocycles. The van der Waals surface area contributed by atoms with E-state index in [9.17, 15) is 22.8 Å². The van der Waals surface area contributed by atoms with Crippen molar-refractivity contribution in [1.82, 2.24) is 9.80 Å². The fourth-order valence-electron chi connectivity index (χ4n) is 2.83. The Morgan fingerprint density at radius 2 is 2.15 bits per heavy atom. The lowest BCUT2D eigenvalue weighted by molar-refractivity contribution is -0.139. The molecule has 26 heavy (non-hydrogen) atoms. The Balaban J connectivity index is 2.23. The molecule has 0 N–H and O–H groups in total. The van der Waals surface area contributed by atoms with Gasteiger partial charge in [-0.2, -0.15) is 24.9 Å². The van der Waals surface area contributed by atoms with E-state index < -0.39 is 17.8 Å². The lowest BCUT2D eigenvalue weighted by Gasteiger charge is -2.37. The monoisotopic (exact) mass is 386 g/mol. The Kier molecular flexibility index (Phi) is 6.75. The second-order valence-corrected chi connectivity index (χ2v) is 7.01. The minimum absolute atomic E-state index is 0.110. The predicted molar refractivity (Wildman–Crippen MR) is 95.7 cm³/mol. The fraction of sp³-hybridized carbons (Fsp3) is 0.444. The summed E-state index contributed by atoms with van der Waals surface area (Å²) >= 11 is 1.60. The summed E-state index contributed by atoms with van der Waals surface area (Å²) in [6.07, 6.45) is -3.28. The topological polar surface area (TPSA) is 40.6 Å². The molecule has 0 aromatic heterocycles. The van der Waals surface area contributed by atoms with Crippen molar-refractivity contribution >= 4 is 23.6 Å². The maximum Gasteiger partial charge on any atom is 0.416 e. The molecule has 1 atom stereocenters. The molecule has 1 aliphatic rings. The molecule has 2 amide bonds. The molecule has 1 aromatic carbocycles. The number of rotatable bonds is 5. The van der Waals surface area contributed by atoms with Gasteiger partial charge in [-0.05, 0) is 30.7 Å². The second-order valence-electron chi connectivity index (χ2n) is 5.86. The molecule has 0 radical (unpaired) electrons. The average Bonchev–Trinajstić information content (AvgIpc) is 2.64. The SMILES string of the molecule is C=CC(=O)N(CC)CC(=O)N1CCSCC1c1cccc(C(F)(F)F)c1. The molecule has 0 bridgehead atoms. The Hall–Kier alpha value is -1.96. The smallest absolute Gasteiger partial charge is 0.332 e. The number of amides is 2. The summed E-state index contributed by atoms with van der Waals surface area (Å²) in [6.45, 7) is 5.85. The van der Waals surface area contributed by atoms with Gasteiger partial charge in [0.15, 0.2) is 0 Å². The number of carbonyl (C=O) groups excluding carboxylic acids is 2. The molecular formula is C18H21F3N2O2S. The third-order valence-electron chi connectivity index (χ3n) is 4.24. The molecule has 1 fully saturated rings. The van der Waals surface area contributed by atoms with Crippen molar-refractivity contribution in [3.63, 3.8) is 0 Å². The van der Waals surface area contributed by atoms with E-state index in [4.69, 9.17) is 0 Å². The number of hydrogen-bond donors (Lipinski definition) is 0. The zero-order valence-electron chi connectivity index (χ0n) is 14.5. The Morgan fingerprint density at radius 3 is 2.77 bits per heavy atom. The molecule has 1 heterocycles. The summed E-state index contributed by atoms with van der Waals surface area (Å²) in [4.78, 5) is 27.4. The van der Waals surface area contributed by atoms with E-state index >= 15 is 0 Å². The third-order valence-corrected chi connectivity index (χ3v) is 5.26. The standard InChI is InChI=1S/C18H21F3N2O2S/c1-3-16(24)22(4-2)11-17(25)23-8-9-26-12-15(23)13-6-5-7-14(10-13)18(19,20)21/h3,5-7,10,15H,1,4,8-9,11-12H2,2H3. The number of benzene rings is 1. The van der Waals surface area contributed by atoms with Crippen LogP contribution in [0.25, 0.3) is 0 Å². The van der Waals surface area contributed by atoms with Crippen molar-refractivity contribution in [3.8, 4) is 0 Å². The van der Waals surface area contributed by atoms with Crippen molar-refractivity contribution in [3.05, 3.63) is 48.0 Å². The maximum absolute atomic E-state index is 13.0. The molecule has 1 aliphatic heterocycles. The summed E-state index contributed by atoms with van der Waals surface area (Å²) < 4.78 is 39.0. The average molecular weight is 386 g/mol. The van der Waals surface area contributed by atoms with Crippen LogP contribution in [0.1, 0.15) is 24.1 Å². The Bertz CT molecular complexity index is 679. The van der Waals surface area contributed by atoms with Gasteiger partial charge < -0.3 is 9.80 Å². The zero-order chi connectivity index (χ0) is 19.3. The number of nitrogens with zero attached hydrogens (tertiary/aromatic N) is 2. The van der Waals surface area contributed by atoms with E-state index in [1.54, 1.807) is 29.7 Å². The highest BCUT2D eigenvalue weighted by Crippen LogP contribution is 2.34. The van der Waals surface area contributed by atoms with Crippen molar-refractivity contribution in [2.24, 2.45) is 0 Å². The van der Waals surface area contributed by atoms with Crippen LogP contribution in [0.5, 0.6) is 0 Å². The summed E-state index contributed by atoms with van der Waals surface area (Å²) in [5.41, 5.74) is -0.270. The van der Waals surface area contributed by atoms with Crippen molar-refractivity contribution in [2.45, 2.75) is 19.1 Å². The number of thioether (sulfide) groups is 1. The van der Waals surface area contributed by atoms with Crippen LogP contribution < -0.4 is 0 Å². The molecule has 0 saturated carbocycles. The lowest BCUT2D eigenvalue weighted by atomic mass is 10.0. The van der Waals surface area contributed by atoms with Gasteiger partial charge in [-0.1, -0.05) is 18.7 Å². The highest BCUT2D eigenvalue weighted by Gasteiger charge is 2.33. The van der Waals surface area contributed by atoms with E-state index in [1.807, 2.05) is 0 Å². The second kappa shape index (κ2) is 8.62. The molecule has 1 unspecified atom stereocenters. The number of likely N-dealkylation sites (N-methyl/N-ethyl adjacent to an activating group) is 1. The minimum Gasteiger partial charge on any atom is -0.332 e. The quantitative estimate of drug-likeness (QED) is 0.729. The number of hydrogen-bond acceptors (Lipinski definition) is 3. The van der Waals surface area contributed by atoms with Gasteiger partial charge in [0.25, 0.3) is 0 Å². The van der Waals surface area contributed by atoms with Crippen molar-refractivity contribution in [1.29, 1.82) is 0 Å². The minimum atomic E-state index is -4.43. The van der Waals surface area contributed by atoms with Crippen LogP contribution in [0.4, 0.5) is 13.2 Å². The first-order chi connectivity index (χ1) is 12.3. The molecule has 2 rings (SSSR count). The van der Waals surface area contributed by atoms with Gasteiger partial charge in [0.2, 0.25) is 11.8 Å². The van der Waals surface area contributed by atoms with E-state index in [0.717, 1.165) is 18.2 Å². The normalized spacial score (nSPS) is 17.7. The number of halogens is 3. The van der Waals surface area contributed by atoms with E-state index in [-0.39, 0.29) is 18.4 Å². The van der Waals surface area contributed by atoms with Gasteiger partial charge in [-0.25, -0.2) is 0 Å². The highest BCUT2D eigenvalue weighted by atomic mass is 32.2. The third kappa shape index (κ3) is 4.81. The predicted octanol–water partition coefficient (Wildman–Crippen LogP) is 3.36. The van der Waals surface area contributed by atoms with Gasteiger partial charge in [-0.15, -0.1) is 0 Å². The van der Waals surface area contributed by atoms with E-state index in [0.29, 0.717) is 30.2 Å². The lowest BCUT2D eigenvalue weighted by Crippen LogP contribution is -2.46. The highest BCUT2D eigenvalue weighted by molar-refractivity contribution is 7.99. The van der Waals surface area contributed by atoms with Crippen LogP contribution in [0.15, 0.2) is 36.9 Å². The molecule has 1 aromatic rings. The molecule has 4 nitrogen and oxygen atoms in total. The van der Waals surface area contributed by atoms with Gasteiger partial charge >= 0.3 is 6.18 Å². The first-order valence-electron chi connectivity index (χ1n) is 8.23. The van der Waals surface area contributed by atoms with Crippen molar-refractivity contribution < 1.29 is 22.8 Å². The van der Waals surface area contributed by atoms with Crippen LogP contribution >= 0.6 is 11.8 Å². The summed E-state index contributed by atoms with van der Waals surface area (Å²) in [7, 11) is 0. The molecule has 0 spiro atoms. The van der Waals surface area contributed by atoms with Crippen LogP contribution in [0.2, 0.25) is 0 Å². The Labute approximate surface area is 155 Å². The largest absolute Gasteiger partial charge is 0.416 e. The summed E-state index contributed by atoms with van der Waals surface area (Å²) in [5.74, 6) is 0.615. The zero-order valence-corrected chi connectivity index (χ0v) is 15.3. The van der Waals surface area contributed by atoms with Gasteiger partial charge in [-0.3, -0.25) is 9.59 Å². The van der Waals surface area contributed by atoms with Crippen LogP contribution in [0, 0.1) is 0 Å². The van der Waals surface area contributed by atoms with E-state index in [2.05, 4.69) is 6.58 Å². The van der Waals surface area contributed by atoms with Crippen LogP contribution in [0.3, 0.4) is 0 Å². The first-order valence-corrected chi connectivity index (χ1v) is 9.39. The molecule has 142 valence electrons. The summed E-state index contributed by atoms with van der Waals surface area (Å²) in [6, 6.07) is 4.65. The molecular weight excluding hydrogens is 365 g/mol. The maximum atomic E-state index is 13.0. The fourth-order valence-corrected chi connectivity index (χ4v) is 3.92. The van der Waals surface area contributed by atoms with Gasteiger partial charge in [0.1, 0.15) is 6.54 Å². The first kappa shape index (κ1) is 20.4. The Morgan fingerprint density at radius 1 is 1.42 bits per heavy atom. The van der Waals surface area contributed by atoms with E-state index in [1.165, 1.54) is 11.0 Å². The van der Waals surface area contributed by atoms with Crippen LogP contribution in [-0.4, -0.2) is 52.8 Å². The van der Waals surface area contributed by atoms with Gasteiger partial charge in [0, 0.05) is 24.6 Å². The molecule has 8 heteroatoms. The van der Waals surface area contributed by atoms with Crippen molar-refractivity contribution in [2.75, 3.05) is 31.1 Å². The number of alkyl halides is 3. The van der Waals surface area contributed by atoms with Gasteiger partial charge in [0.05, 0.1) is 11.6 Å². The molecule has 1 saturated heterocycles.